The van der Waals surface area contributed by atoms with Crippen LogP contribution in [0.4, 0.5) is 4.39 Å². The molecule has 1 aromatic carbocycles. The highest BCUT2D eigenvalue weighted by Gasteiger charge is 2.24. The summed E-state index contributed by atoms with van der Waals surface area (Å²) in [6.45, 7) is 8.12. The Kier molecular flexibility index (Phi) is 4.96. The Morgan fingerprint density at radius 3 is 2.58 bits per heavy atom. The van der Waals surface area contributed by atoms with Crippen LogP contribution in [0.5, 0.6) is 5.75 Å². The number of carbonyl (C=O) groups excluding carboxylic acids is 1. The summed E-state index contributed by atoms with van der Waals surface area (Å²) in [6.07, 6.45) is 0.673. The van der Waals surface area contributed by atoms with Gasteiger partial charge in [0, 0.05) is 11.9 Å². The van der Waals surface area contributed by atoms with Gasteiger partial charge in [-0.1, -0.05) is 20.8 Å². The van der Waals surface area contributed by atoms with E-state index in [1.165, 1.54) is 16.7 Å². The molecule has 0 unspecified atom stereocenters. The molecular weight excluding hydrogens is 313 g/mol. The van der Waals surface area contributed by atoms with E-state index in [0.29, 0.717) is 18.5 Å². The fourth-order valence-electron chi connectivity index (χ4n) is 2.47. The van der Waals surface area contributed by atoms with E-state index in [2.05, 4.69) is 0 Å². The van der Waals surface area contributed by atoms with Crippen molar-refractivity contribution >= 4 is 16.9 Å². The highest BCUT2D eigenvalue weighted by Crippen LogP contribution is 2.29. The fraction of sp³-hybridized carbons (Fsp3) is 0.444. The molecule has 2 aromatic rings. The first-order valence-corrected chi connectivity index (χ1v) is 7.88. The quantitative estimate of drug-likeness (QED) is 0.869. The summed E-state index contributed by atoms with van der Waals surface area (Å²) in [7, 11) is 0. The molecule has 0 atom stereocenters. The van der Waals surface area contributed by atoms with Crippen LogP contribution in [0.3, 0.4) is 0 Å². The van der Waals surface area contributed by atoms with Crippen molar-refractivity contribution in [2.24, 2.45) is 5.41 Å². The summed E-state index contributed by atoms with van der Waals surface area (Å²) in [5.41, 5.74) is -0.734. The predicted molar refractivity (Wildman–Crippen MR) is 89.9 cm³/mol. The lowest BCUT2D eigenvalue weighted by Gasteiger charge is -2.20. The van der Waals surface area contributed by atoms with Gasteiger partial charge in [-0.05, 0) is 37.0 Å². The van der Waals surface area contributed by atoms with E-state index in [0.717, 1.165) is 6.07 Å². The van der Waals surface area contributed by atoms with Gasteiger partial charge in [0.2, 0.25) is 0 Å². The van der Waals surface area contributed by atoms with E-state index in [1.54, 1.807) is 6.92 Å². The number of pyridine rings is 1. The molecule has 0 aliphatic carbocycles. The van der Waals surface area contributed by atoms with Crippen molar-refractivity contribution in [2.75, 3.05) is 6.61 Å². The van der Waals surface area contributed by atoms with E-state index in [1.807, 2.05) is 20.8 Å². The molecule has 5 nitrogen and oxygen atoms in total. The van der Waals surface area contributed by atoms with Crippen molar-refractivity contribution in [3.8, 4) is 5.75 Å². The summed E-state index contributed by atoms with van der Waals surface area (Å²) in [4.78, 5) is 24.8. The molecule has 0 aliphatic rings. The van der Waals surface area contributed by atoms with Crippen LogP contribution in [0.25, 0.3) is 10.9 Å². The number of aromatic nitrogens is 1. The lowest BCUT2D eigenvalue weighted by molar-refractivity contribution is 0.0520. The normalized spacial score (nSPS) is 11.7. The maximum absolute atomic E-state index is 13.6. The Balaban J connectivity index is 2.74. The van der Waals surface area contributed by atoms with Crippen molar-refractivity contribution in [3.05, 3.63) is 39.9 Å². The SMILES string of the molecule is CCOC(=O)c1c(O)c2cc(F)ccc2n(CCC(C)(C)C)c1=O. The number of rotatable bonds is 4. The van der Waals surface area contributed by atoms with Crippen molar-refractivity contribution in [3.63, 3.8) is 0 Å². The Morgan fingerprint density at radius 2 is 2.00 bits per heavy atom. The molecule has 0 aliphatic heterocycles. The maximum Gasteiger partial charge on any atom is 0.347 e. The average Bonchev–Trinajstić information content (AvgIpc) is 2.47. The Hall–Kier alpha value is -2.37. The molecule has 2 rings (SSSR count). The van der Waals surface area contributed by atoms with Crippen LogP contribution in [-0.2, 0) is 11.3 Å². The second-order valence-electron chi connectivity index (χ2n) is 6.87. The Morgan fingerprint density at radius 1 is 1.33 bits per heavy atom. The van der Waals surface area contributed by atoms with E-state index >= 15 is 0 Å². The smallest absolute Gasteiger partial charge is 0.347 e. The van der Waals surface area contributed by atoms with E-state index in [-0.39, 0.29) is 17.4 Å². The third kappa shape index (κ3) is 3.58. The molecule has 0 saturated heterocycles. The number of fused-ring (bicyclic) bond motifs is 1. The zero-order valence-electron chi connectivity index (χ0n) is 14.4. The van der Waals surface area contributed by atoms with Crippen molar-refractivity contribution < 1.29 is 19.0 Å². The lowest BCUT2D eigenvalue weighted by atomic mass is 9.92. The van der Waals surface area contributed by atoms with Gasteiger partial charge in [-0.25, -0.2) is 9.18 Å². The third-order valence-electron chi connectivity index (χ3n) is 3.77. The molecule has 130 valence electrons. The fourth-order valence-corrected chi connectivity index (χ4v) is 2.47. The van der Waals surface area contributed by atoms with Gasteiger partial charge in [-0.2, -0.15) is 0 Å². The van der Waals surface area contributed by atoms with Crippen molar-refractivity contribution in [1.29, 1.82) is 0 Å². The van der Waals surface area contributed by atoms with Crippen molar-refractivity contribution in [2.45, 2.75) is 40.7 Å². The monoisotopic (exact) mass is 335 g/mol. The molecule has 0 radical (unpaired) electrons. The van der Waals surface area contributed by atoms with Crippen molar-refractivity contribution in [1.82, 2.24) is 4.57 Å². The number of hydrogen-bond donors (Lipinski definition) is 1. The number of aryl methyl sites for hydroxylation is 1. The molecule has 24 heavy (non-hydrogen) atoms. The molecule has 0 bridgehead atoms. The number of halogens is 1. The molecule has 1 heterocycles. The van der Waals surface area contributed by atoms with Crippen LogP contribution in [0.1, 0.15) is 44.5 Å². The second-order valence-corrected chi connectivity index (χ2v) is 6.87. The van der Waals surface area contributed by atoms with Crippen LogP contribution in [0, 0.1) is 11.2 Å². The minimum atomic E-state index is -0.907. The van der Waals surface area contributed by atoms with Gasteiger partial charge in [0.15, 0.2) is 5.56 Å². The number of ether oxygens (including phenoxy) is 1. The first-order valence-electron chi connectivity index (χ1n) is 7.88. The molecule has 0 spiro atoms. The number of aromatic hydroxyl groups is 1. The van der Waals surface area contributed by atoms with Gasteiger partial charge < -0.3 is 14.4 Å². The zero-order valence-corrected chi connectivity index (χ0v) is 14.4. The predicted octanol–water partition coefficient (Wildman–Crippen LogP) is 3.46. The van der Waals surface area contributed by atoms with Crippen LogP contribution in [0.2, 0.25) is 0 Å². The summed E-state index contributed by atoms with van der Waals surface area (Å²) in [5.74, 6) is -2.01. The molecule has 1 N–H and O–H groups in total. The van der Waals surface area contributed by atoms with Gasteiger partial charge in [-0.3, -0.25) is 4.79 Å². The summed E-state index contributed by atoms with van der Waals surface area (Å²) in [6, 6.07) is 3.77. The maximum atomic E-state index is 13.6. The molecule has 0 saturated carbocycles. The minimum absolute atomic E-state index is 0.0340. The van der Waals surface area contributed by atoms with Crippen LogP contribution < -0.4 is 5.56 Å². The van der Waals surface area contributed by atoms with Gasteiger partial charge in [0.1, 0.15) is 11.6 Å². The summed E-state index contributed by atoms with van der Waals surface area (Å²) in [5, 5.41) is 10.4. The summed E-state index contributed by atoms with van der Waals surface area (Å²) >= 11 is 0. The lowest BCUT2D eigenvalue weighted by Crippen LogP contribution is -2.29. The Bertz CT molecular complexity index is 833. The first kappa shape index (κ1) is 18.0. The standard InChI is InChI=1S/C18H22FNO4/c1-5-24-17(23)14-15(21)12-10-11(19)6-7-13(12)20(16(14)22)9-8-18(2,3)4/h6-7,10,21H,5,8-9H2,1-4H3. The zero-order chi connectivity index (χ0) is 18.1. The molecule has 1 aromatic heterocycles. The molecule has 0 fully saturated rings. The van der Waals surface area contributed by atoms with Gasteiger partial charge in [0.25, 0.3) is 5.56 Å². The van der Waals surface area contributed by atoms with E-state index in [4.69, 9.17) is 4.74 Å². The van der Waals surface area contributed by atoms with Crippen LogP contribution in [-0.4, -0.2) is 22.2 Å². The minimum Gasteiger partial charge on any atom is -0.506 e. The van der Waals surface area contributed by atoms with Gasteiger partial charge >= 0.3 is 5.97 Å². The van der Waals surface area contributed by atoms with E-state index < -0.39 is 28.7 Å². The summed E-state index contributed by atoms with van der Waals surface area (Å²) < 4.78 is 19.8. The largest absolute Gasteiger partial charge is 0.506 e. The van der Waals surface area contributed by atoms with Gasteiger partial charge in [0.05, 0.1) is 12.1 Å². The number of hydrogen-bond acceptors (Lipinski definition) is 4. The highest BCUT2D eigenvalue weighted by atomic mass is 19.1. The second kappa shape index (κ2) is 6.63. The first-order chi connectivity index (χ1) is 11.2. The number of carbonyl (C=O) groups is 1. The van der Waals surface area contributed by atoms with E-state index in [9.17, 15) is 19.1 Å². The topological polar surface area (TPSA) is 68.5 Å². The molecule has 0 amide bonds. The average molecular weight is 335 g/mol. The van der Waals surface area contributed by atoms with Crippen LogP contribution in [0.15, 0.2) is 23.0 Å². The molecule has 6 heteroatoms. The third-order valence-corrected chi connectivity index (χ3v) is 3.77. The highest BCUT2D eigenvalue weighted by molar-refractivity contribution is 5.99. The number of benzene rings is 1. The van der Waals surface area contributed by atoms with Gasteiger partial charge in [-0.15, -0.1) is 0 Å². The number of esters is 1. The number of nitrogens with zero attached hydrogens (tertiary/aromatic N) is 1. The molecular formula is C18H22FNO4. The Labute approximate surface area is 139 Å². The van der Waals surface area contributed by atoms with Crippen LogP contribution >= 0.6 is 0 Å².